The molecule has 0 aliphatic rings. The number of hydrogen-bond donors (Lipinski definition) is 0. The smallest absolute Gasteiger partial charge is 0.0541 e. The normalized spacial score (nSPS) is 11.8. The van der Waals surface area contributed by atoms with Crippen LogP contribution in [0.1, 0.15) is 0 Å². The Labute approximate surface area is 301 Å². The SMILES string of the molecule is c1ccc2cc(-c3ccc(-n4c5ccccc5c5cc(-c6ccc7c(c6)c6ccccc6n7-c6ccc7ccccc7c6)ccc54)cc3)ccc2c1. The van der Waals surface area contributed by atoms with E-state index in [9.17, 15) is 0 Å². The van der Waals surface area contributed by atoms with E-state index >= 15 is 0 Å². The molecule has 0 spiro atoms. The number of para-hydroxylation sites is 2. The zero-order valence-corrected chi connectivity index (χ0v) is 28.4. The molecule has 2 aromatic heterocycles. The molecule has 2 heterocycles. The zero-order valence-electron chi connectivity index (χ0n) is 28.4. The van der Waals surface area contributed by atoms with Gasteiger partial charge >= 0.3 is 0 Å². The molecule has 0 atom stereocenters. The molecule has 0 aliphatic carbocycles. The van der Waals surface area contributed by atoms with Gasteiger partial charge in [-0.15, -0.1) is 0 Å². The predicted molar refractivity (Wildman–Crippen MR) is 221 cm³/mol. The van der Waals surface area contributed by atoms with Gasteiger partial charge in [0, 0.05) is 32.9 Å². The number of nitrogens with zero attached hydrogens (tertiary/aromatic N) is 2. The lowest BCUT2D eigenvalue weighted by Gasteiger charge is -2.11. The first-order chi connectivity index (χ1) is 25.8. The molecule has 0 radical (unpaired) electrons. The van der Waals surface area contributed by atoms with E-state index in [4.69, 9.17) is 0 Å². The van der Waals surface area contributed by atoms with Gasteiger partial charge in [0.25, 0.3) is 0 Å². The molecule has 2 heteroatoms. The highest BCUT2D eigenvalue weighted by Gasteiger charge is 2.16. The first-order valence-corrected chi connectivity index (χ1v) is 17.9. The number of hydrogen-bond acceptors (Lipinski definition) is 0. The average Bonchev–Trinajstić information content (AvgIpc) is 3.73. The summed E-state index contributed by atoms with van der Waals surface area (Å²) in [5.41, 5.74) is 12.1. The summed E-state index contributed by atoms with van der Waals surface area (Å²) in [7, 11) is 0. The van der Waals surface area contributed by atoms with E-state index in [0.29, 0.717) is 0 Å². The van der Waals surface area contributed by atoms with Crippen LogP contribution in [0.2, 0.25) is 0 Å². The Balaban J connectivity index is 1.03. The van der Waals surface area contributed by atoms with Crippen molar-refractivity contribution in [1.82, 2.24) is 9.13 Å². The van der Waals surface area contributed by atoms with Crippen molar-refractivity contribution in [2.24, 2.45) is 0 Å². The minimum Gasteiger partial charge on any atom is -0.309 e. The van der Waals surface area contributed by atoms with Crippen LogP contribution in [0, 0.1) is 0 Å². The first kappa shape index (κ1) is 28.9. The van der Waals surface area contributed by atoms with Crippen LogP contribution in [0.25, 0.3) is 98.8 Å². The van der Waals surface area contributed by atoms with E-state index in [-0.39, 0.29) is 0 Å². The summed E-state index contributed by atoms with van der Waals surface area (Å²) in [6, 6.07) is 71.1. The second-order valence-corrected chi connectivity index (χ2v) is 13.8. The maximum Gasteiger partial charge on any atom is 0.0541 e. The van der Waals surface area contributed by atoms with Crippen LogP contribution in [-0.4, -0.2) is 9.13 Å². The lowest BCUT2D eigenvalue weighted by Crippen LogP contribution is -1.94. The van der Waals surface area contributed by atoms with Crippen molar-refractivity contribution in [3.8, 4) is 33.6 Å². The lowest BCUT2D eigenvalue weighted by atomic mass is 10.0. The van der Waals surface area contributed by atoms with Gasteiger partial charge in [0.15, 0.2) is 0 Å². The second-order valence-electron chi connectivity index (χ2n) is 13.8. The summed E-state index contributed by atoms with van der Waals surface area (Å²) in [6.45, 7) is 0. The Kier molecular flexibility index (Phi) is 6.28. The Morgan fingerprint density at radius 3 is 1.25 bits per heavy atom. The maximum atomic E-state index is 2.41. The molecule has 0 amide bonds. The van der Waals surface area contributed by atoms with Gasteiger partial charge in [0.05, 0.1) is 22.1 Å². The third kappa shape index (κ3) is 4.44. The highest BCUT2D eigenvalue weighted by Crippen LogP contribution is 2.39. The van der Waals surface area contributed by atoms with Gasteiger partial charge in [-0.05, 0) is 111 Å². The summed E-state index contributed by atoms with van der Waals surface area (Å²) < 4.78 is 4.81. The quantitative estimate of drug-likeness (QED) is 0.178. The van der Waals surface area contributed by atoms with Crippen molar-refractivity contribution >= 4 is 65.2 Å². The monoisotopic (exact) mass is 660 g/mol. The van der Waals surface area contributed by atoms with Crippen LogP contribution in [0.3, 0.4) is 0 Å². The molecule has 0 bridgehead atoms. The van der Waals surface area contributed by atoms with Gasteiger partial charge in [-0.1, -0.05) is 127 Å². The molecule has 0 saturated carbocycles. The molecular weight excluding hydrogens is 629 g/mol. The molecule has 9 aromatic carbocycles. The number of fused-ring (bicyclic) bond motifs is 8. The number of aromatic nitrogens is 2. The van der Waals surface area contributed by atoms with Crippen LogP contribution in [-0.2, 0) is 0 Å². The Morgan fingerprint density at radius 2 is 0.635 bits per heavy atom. The molecule has 242 valence electrons. The van der Waals surface area contributed by atoms with E-state index in [1.807, 2.05) is 0 Å². The summed E-state index contributed by atoms with van der Waals surface area (Å²) in [5, 5.41) is 10.1. The highest BCUT2D eigenvalue weighted by atomic mass is 15.0. The van der Waals surface area contributed by atoms with Crippen LogP contribution < -0.4 is 0 Å². The van der Waals surface area contributed by atoms with E-state index in [1.165, 1.54) is 93.1 Å². The Morgan fingerprint density at radius 1 is 0.231 bits per heavy atom. The van der Waals surface area contributed by atoms with E-state index in [1.54, 1.807) is 0 Å². The van der Waals surface area contributed by atoms with Crippen LogP contribution in [0.15, 0.2) is 194 Å². The summed E-state index contributed by atoms with van der Waals surface area (Å²) in [5.74, 6) is 0. The number of benzene rings is 9. The minimum absolute atomic E-state index is 1.16. The third-order valence-corrected chi connectivity index (χ3v) is 10.9. The zero-order chi connectivity index (χ0) is 34.2. The molecule has 11 aromatic rings. The maximum absolute atomic E-state index is 2.41. The van der Waals surface area contributed by atoms with Gasteiger partial charge in [0.1, 0.15) is 0 Å². The standard InChI is InChI=1S/C50H32N2/c1-3-11-36-29-38(18-17-33(36)9-1)35-19-24-41(25-20-35)51-47-15-7-5-13-43(47)45-31-39(22-27-49(45)51)40-23-28-50-46(32-40)44-14-6-8-16-48(44)52(50)42-26-21-34-10-2-4-12-37(34)30-42/h1-32H. The van der Waals surface area contributed by atoms with E-state index < -0.39 is 0 Å². The fourth-order valence-corrected chi connectivity index (χ4v) is 8.35. The van der Waals surface area contributed by atoms with Crippen molar-refractivity contribution in [3.63, 3.8) is 0 Å². The van der Waals surface area contributed by atoms with Crippen LogP contribution in [0.5, 0.6) is 0 Å². The molecule has 0 unspecified atom stereocenters. The summed E-state index contributed by atoms with van der Waals surface area (Å²) in [6.07, 6.45) is 0. The van der Waals surface area contributed by atoms with Crippen LogP contribution >= 0.6 is 0 Å². The van der Waals surface area contributed by atoms with Crippen molar-refractivity contribution in [1.29, 1.82) is 0 Å². The third-order valence-electron chi connectivity index (χ3n) is 10.9. The Bertz CT molecular complexity index is 3180. The lowest BCUT2D eigenvalue weighted by molar-refractivity contribution is 1.18. The Hall–Kier alpha value is -6.90. The fourth-order valence-electron chi connectivity index (χ4n) is 8.35. The molecule has 11 rings (SSSR count). The van der Waals surface area contributed by atoms with Crippen molar-refractivity contribution in [2.45, 2.75) is 0 Å². The van der Waals surface area contributed by atoms with E-state index in [0.717, 1.165) is 5.69 Å². The van der Waals surface area contributed by atoms with Gasteiger partial charge in [0.2, 0.25) is 0 Å². The molecule has 0 aliphatic heterocycles. The number of rotatable bonds is 4. The highest BCUT2D eigenvalue weighted by molar-refractivity contribution is 6.13. The van der Waals surface area contributed by atoms with Gasteiger partial charge in [-0.3, -0.25) is 0 Å². The summed E-state index contributed by atoms with van der Waals surface area (Å²) in [4.78, 5) is 0. The van der Waals surface area contributed by atoms with E-state index in [2.05, 4.69) is 203 Å². The second kappa shape index (κ2) is 11.3. The average molecular weight is 661 g/mol. The topological polar surface area (TPSA) is 9.86 Å². The van der Waals surface area contributed by atoms with Gasteiger partial charge in [-0.2, -0.15) is 0 Å². The van der Waals surface area contributed by atoms with Gasteiger partial charge in [-0.25, -0.2) is 0 Å². The molecule has 0 saturated heterocycles. The first-order valence-electron chi connectivity index (χ1n) is 17.9. The van der Waals surface area contributed by atoms with Crippen LogP contribution in [0.4, 0.5) is 0 Å². The summed E-state index contributed by atoms with van der Waals surface area (Å²) >= 11 is 0. The molecule has 52 heavy (non-hydrogen) atoms. The molecule has 2 nitrogen and oxygen atoms in total. The van der Waals surface area contributed by atoms with Gasteiger partial charge < -0.3 is 9.13 Å². The molecule has 0 N–H and O–H groups in total. The molecule has 0 fully saturated rings. The van der Waals surface area contributed by atoms with Crippen molar-refractivity contribution < 1.29 is 0 Å². The van der Waals surface area contributed by atoms with Crippen molar-refractivity contribution in [3.05, 3.63) is 194 Å². The largest absolute Gasteiger partial charge is 0.309 e. The minimum atomic E-state index is 1.16. The fraction of sp³-hybridized carbons (Fsp3) is 0. The molecular formula is C50H32N2. The predicted octanol–water partition coefficient (Wildman–Crippen LogP) is 13.5. The van der Waals surface area contributed by atoms with Crippen molar-refractivity contribution in [2.75, 3.05) is 0 Å².